The second-order valence-corrected chi connectivity index (χ2v) is 12.0. The average molecular weight is 589 g/mol. The monoisotopic (exact) mass is 588 g/mol. The molecule has 0 saturated carbocycles. The Morgan fingerprint density at radius 2 is 2.02 bits per heavy atom. The largest absolute Gasteiger partial charge is 0.486 e. The fourth-order valence-electron chi connectivity index (χ4n) is 5.42. The van der Waals surface area contributed by atoms with Crippen molar-refractivity contribution in [2.75, 3.05) is 31.5 Å². The van der Waals surface area contributed by atoms with Crippen molar-refractivity contribution in [3.8, 4) is 5.75 Å². The Morgan fingerprint density at radius 3 is 2.85 bits per heavy atom. The van der Waals surface area contributed by atoms with E-state index in [9.17, 15) is 4.79 Å². The van der Waals surface area contributed by atoms with E-state index in [2.05, 4.69) is 25.2 Å². The van der Waals surface area contributed by atoms with Crippen molar-refractivity contribution in [3.05, 3.63) is 81.7 Å². The van der Waals surface area contributed by atoms with Crippen LogP contribution in [0.2, 0.25) is 5.02 Å². The summed E-state index contributed by atoms with van der Waals surface area (Å²) in [6, 6.07) is 11.5. The van der Waals surface area contributed by atoms with E-state index in [4.69, 9.17) is 16.3 Å². The predicted molar refractivity (Wildman–Crippen MR) is 164 cm³/mol. The molecule has 3 aromatic heterocycles. The van der Waals surface area contributed by atoms with Gasteiger partial charge in [0.1, 0.15) is 29.3 Å². The number of benzene rings is 1. The first kappa shape index (κ1) is 27.6. The van der Waals surface area contributed by atoms with Gasteiger partial charge in [0.2, 0.25) is 5.91 Å². The summed E-state index contributed by atoms with van der Waals surface area (Å²) in [6.45, 7) is 6.66. The molecule has 4 aromatic rings. The lowest BCUT2D eigenvalue weighted by molar-refractivity contribution is -0.126. The number of hydrogen-bond donors (Lipinski definition) is 1. The molecule has 0 aliphatic carbocycles. The van der Waals surface area contributed by atoms with E-state index >= 15 is 0 Å². The van der Waals surface area contributed by atoms with E-state index in [1.54, 1.807) is 23.7 Å². The number of fused-ring (bicyclic) bond motifs is 3. The Bertz CT molecular complexity index is 1580. The number of pyridine rings is 1. The number of aryl methyl sites for hydroxylation is 1. The molecule has 1 saturated heterocycles. The second kappa shape index (κ2) is 12.5. The van der Waals surface area contributed by atoms with Crippen molar-refractivity contribution in [1.29, 1.82) is 0 Å². The highest BCUT2D eigenvalue weighted by Gasteiger charge is 2.25. The summed E-state index contributed by atoms with van der Waals surface area (Å²) < 4.78 is 5.91. The molecular formula is C31H33ClN6O2S. The van der Waals surface area contributed by atoms with Crippen molar-refractivity contribution in [1.82, 2.24) is 24.8 Å². The van der Waals surface area contributed by atoms with Crippen molar-refractivity contribution in [3.63, 3.8) is 0 Å². The van der Waals surface area contributed by atoms with Gasteiger partial charge in [-0.2, -0.15) is 0 Å². The van der Waals surface area contributed by atoms with Crippen LogP contribution in [0.3, 0.4) is 0 Å². The third-order valence-corrected chi connectivity index (χ3v) is 8.96. The van der Waals surface area contributed by atoms with Gasteiger partial charge in [0.15, 0.2) is 0 Å². The number of ether oxygens (including phenoxy) is 1. The molecule has 1 aromatic carbocycles. The summed E-state index contributed by atoms with van der Waals surface area (Å²) in [5, 5.41) is 4.95. The van der Waals surface area contributed by atoms with Gasteiger partial charge in [-0.15, -0.1) is 11.3 Å². The fourth-order valence-corrected chi connectivity index (χ4v) is 6.86. The molecule has 1 amide bonds. The first-order valence-corrected chi connectivity index (χ1v) is 15.3. The molecule has 2 aliphatic rings. The number of nitrogens with one attached hydrogen (secondary N) is 1. The normalized spacial score (nSPS) is 15.8. The number of amides is 1. The van der Waals surface area contributed by atoms with Crippen LogP contribution >= 0.6 is 22.9 Å². The van der Waals surface area contributed by atoms with Crippen LogP contribution in [0.5, 0.6) is 5.75 Å². The summed E-state index contributed by atoms with van der Waals surface area (Å²) in [7, 11) is 0. The summed E-state index contributed by atoms with van der Waals surface area (Å²) in [5.41, 5.74) is 3.82. The van der Waals surface area contributed by atoms with Crippen molar-refractivity contribution in [2.45, 2.75) is 45.8 Å². The molecule has 0 atom stereocenters. The van der Waals surface area contributed by atoms with Crippen LogP contribution in [0.15, 0.2) is 54.9 Å². The maximum atomic E-state index is 12.9. The number of piperidine rings is 1. The third kappa shape index (κ3) is 6.53. The van der Waals surface area contributed by atoms with Gasteiger partial charge in [-0.05, 0) is 75.2 Å². The number of carbonyl (C=O) groups excluding carboxylic acids is 1. The molecule has 10 heteroatoms. The molecule has 1 N–H and O–H groups in total. The zero-order valence-corrected chi connectivity index (χ0v) is 24.7. The molecule has 0 unspecified atom stereocenters. The lowest BCUT2D eigenvalue weighted by Gasteiger charge is -2.27. The zero-order valence-electron chi connectivity index (χ0n) is 23.1. The minimum atomic E-state index is 0.0738. The highest BCUT2D eigenvalue weighted by molar-refractivity contribution is 7.19. The van der Waals surface area contributed by atoms with Crippen LogP contribution in [-0.4, -0.2) is 56.8 Å². The first-order chi connectivity index (χ1) is 20.0. The highest BCUT2D eigenvalue weighted by Crippen LogP contribution is 2.39. The number of rotatable bonds is 8. The number of thiophene rings is 1. The molecule has 6 rings (SSSR count). The van der Waals surface area contributed by atoms with Gasteiger partial charge in [-0.1, -0.05) is 30.2 Å². The van der Waals surface area contributed by atoms with E-state index in [-0.39, 0.29) is 5.91 Å². The molecule has 41 heavy (non-hydrogen) atoms. The maximum Gasteiger partial charge on any atom is 0.246 e. The number of hydrogen-bond acceptors (Lipinski definition) is 8. The molecule has 2 aliphatic heterocycles. The number of carbonyl (C=O) groups is 1. The molecule has 5 heterocycles. The van der Waals surface area contributed by atoms with Gasteiger partial charge in [0.05, 0.1) is 22.6 Å². The number of likely N-dealkylation sites (tertiary alicyclic amines) is 1. The van der Waals surface area contributed by atoms with Gasteiger partial charge in [-0.3, -0.25) is 14.7 Å². The summed E-state index contributed by atoms with van der Waals surface area (Å²) in [4.78, 5) is 32.9. The molecular weight excluding hydrogens is 556 g/mol. The molecule has 0 bridgehead atoms. The number of nitrogens with zero attached hydrogens (tertiary/aromatic N) is 5. The van der Waals surface area contributed by atoms with Crippen molar-refractivity contribution in [2.24, 2.45) is 0 Å². The molecule has 0 radical (unpaired) electrons. The molecule has 8 nitrogen and oxygen atoms in total. The van der Waals surface area contributed by atoms with Crippen LogP contribution < -0.4 is 10.1 Å². The Labute approximate surface area is 249 Å². The van der Waals surface area contributed by atoms with Crippen LogP contribution in [0.25, 0.3) is 10.2 Å². The lowest BCUT2D eigenvalue weighted by Crippen LogP contribution is -2.34. The van der Waals surface area contributed by atoms with Gasteiger partial charge in [0, 0.05) is 35.4 Å². The number of anilines is 2. The Kier molecular flexibility index (Phi) is 8.46. The van der Waals surface area contributed by atoms with Crippen molar-refractivity contribution >= 4 is 50.6 Å². The number of halogens is 1. The minimum absolute atomic E-state index is 0.0738. The maximum absolute atomic E-state index is 12.9. The van der Waals surface area contributed by atoms with Gasteiger partial charge < -0.3 is 15.0 Å². The quantitative estimate of drug-likeness (QED) is 0.242. The fraction of sp³-hybridized carbons (Fsp3) is 0.355. The van der Waals surface area contributed by atoms with E-state index in [0.29, 0.717) is 30.5 Å². The van der Waals surface area contributed by atoms with E-state index in [1.807, 2.05) is 54.3 Å². The van der Waals surface area contributed by atoms with Gasteiger partial charge >= 0.3 is 0 Å². The van der Waals surface area contributed by atoms with Crippen LogP contribution in [0.1, 0.15) is 41.1 Å². The molecule has 1 fully saturated rings. The van der Waals surface area contributed by atoms with E-state index < -0.39 is 0 Å². The molecule has 212 valence electrons. The summed E-state index contributed by atoms with van der Waals surface area (Å²) in [5.74, 6) is 1.41. The van der Waals surface area contributed by atoms with Gasteiger partial charge in [0.25, 0.3) is 0 Å². The minimum Gasteiger partial charge on any atom is -0.486 e. The predicted octanol–water partition coefficient (Wildman–Crippen LogP) is 6.30. The summed E-state index contributed by atoms with van der Waals surface area (Å²) >= 11 is 8.20. The van der Waals surface area contributed by atoms with Gasteiger partial charge in [-0.25, -0.2) is 9.97 Å². The van der Waals surface area contributed by atoms with Crippen molar-refractivity contribution < 1.29 is 9.53 Å². The highest BCUT2D eigenvalue weighted by atomic mass is 35.5. The SMILES string of the molecule is Cc1cccc(COc2ccc(Nc3ncnc4sc5c(c34)CCN(C(=O)/C=C/CN3CCCCC3)C5)cc2Cl)n1. The van der Waals surface area contributed by atoms with Crippen LogP contribution in [0, 0.1) is 6.92 Å². The zero-order chi connectivity index (χ0) is 28.2. The molecule has 0 spiro atoms. The van der Waals surface area contributed by atoms with Crippen LogP contribution in [-0.2, 0) is 24.4 Å². The Balaban J connectivity index is 1.13. The lowest BCUT2D eigenvalue weighted by atomic mass is 10.0. The summed E-state index contributed by atoms with van der Waals surface area (Å²) in [6.07, 6.45) is 9.92. The Hall–Kier alpha value is -3.53. The standard InChI is InChI=1S/C31H33ClN6O2S/c1-21-7-5-8-23(35-21)19-40-26-11-10-22(17-25(26)32)36-30-29-24-12-16-38(18-27(24)41-31(29)34-20-33-30)28(39)9-6-15-37-13-3-2-4-14-37/h5-11,17,20H,2-4,12-16,18-19H2,1H3,(H,33,34,36)/b9-6+. The Morgan fingerprint density at radius 1 is 1.15 bits per heavy atom. The van der Waals surface area contributed by atoms with E-state index in [1.165, 1.54) is 29.7 Å². The van der Waals surface area contributed by atoms with E-state index in [0.717, 1.165) is 59.2 Å². The number of aromatic nitrogens is 3. The average Bonchev–Trinajstić information content (AvgIpc) is 3.36. The smallest absolute Gasteiger partial charge is 0.246 e. The second-order valence-electron chi connectivity index (χ2n) is 10.5. The first-order valence-electron chi connectivity index (χ1n) is 14.1. The topological polar surface area (TPSA) is 83.5 Å². The third-order valence-electron chi connectivity index (χ3n) is 7.54. The van der Waals surface area contributed by atoms with Crippen LogP contribution in [0.4, 0.5) is 11.5 Å².